The smallest absolute Gasteiger partial charge is 0.221 e. The van der Waals surface area contributed by atoms with Crippen molar-refractivity contribution in [3.63, 3.8) is 0 Å². The lowest BCUT2D eigenvalue weighted by atomic mass is 10.4. The molecule has 5 nitrogen and oxygen atoms in total. The molecular formula is C8H13N3O2. The molecule has 2 N–H and O–H groups in total. The molecule has 0 bridgehead atoms. The number of hydrogen-bond acceptors (Lipinski definition) is 3. The Morgan fingerprint density at radius 1 is 1.77 bits per heavy atom. The highest BCUT2D eigenvalue weighted by molar-refractivity contribution is 5.75. The molecule has 0 fully saturated rings. The van der Waals surface area contributed by atoms with Crippen LogP contribution < -0.4 is 5.32 Å². The van der Waals surface area contributed by atoms with Gasteiger partial charge in [0.1, 0.15) is 0 Å². The molecule has 1 rings (SSSR count). The van der Waals surface area contributed by atoms with E-state index < -0.39 is 0 Å². The Hall–Kier alpha value is -1.52. The molecule has 1 aromatic heterocycles. The molecule has 0 atom stereocenters. The van der Waals surface area contributed by atoms with Gasteiger partial charge in [0.15, 0.2) is 5.75 Å². The van der Waals surface area contributed by atoms with Gasteiger partial charge >= 0.3 is 0 Å². The summed E-state index contributed by atoms with van der Waals surface area (Å²) in [5.74, 6) is 0.119. The van der Waals surface area contributed by atoms with Crippen molar-refractivity contribution in [3.8, 4) is 5.75 Å². The number of carbonyl (C=O) groups is 1. The van der Waals surface area contributed by atoms with E-state index in [0.29, 0.717) is 19.5 Å². The molecule has 0 aromatic carbocycles. The molecule has 1 aromatic rings. The van der Waals surface area contributed by atoms with Crippen LogP contribution in [0.15, 0.2) is 12.4 Å². The van der Waals surface area contributed by atoms with Crippen LogP contribution in [-0.2, 0) is 11.3 Å². The second-order valence-corrected chi connectivity index (χ2v) is 2.67. The number of carbonyl (C=O) groups excluding carboxylic acids is 1. The van der Waals surface area contributed by atoms with Crippen molar-refractivity contribution < 1.29 is 9.90 Å². The number of nitrogens with zero attached hydrogens (tertiary/aromatic N) is 2. The Kier molecular flexibility index (Phi) is 3.31. The fourth-order valence-electron chi connectivity index (χ4n) is 0.977. The second kappa shape index (κ2) is 4.49. The summed E-state index contributed by atoms with van der Waals surface area (Å²) in [6.45, 7) is 3.01. The van der Waals surface area contributed by atoms with Crippen molar-refractivity contribution in [2.75, 3.05) is 6.54 Å². The first-order chi connectivity index (χ1) is 6.22. The number of aromatic hydroxyl groups is 1. The number of nitrogens with one attached hydrogen (secondary N) is 1. The maximum absolute atomic E-state index is 11.0. The number of hydrogen-bond donors (Lipinski definition) is 2. The lowest BCUT2D eigenvalue weighted by Crippen LogP contribution is -2.23. The normalized spacial score (nSPS) is 9.92. The first kappa shape index (κ1) is 9.57. The van der Waals surface area contributed by atoms with Gasteiger partial charge in [0, 0.05) is 19.5 Å². The lowest BCUT2D eigenvalue weighted by molar-refractivity contribution is -0.121. The third kappa shape index (κ3) is 3.14. The molecule has 0 unspecified atom stereocenters. The minimum atomic E-state index is -0.00232. The largest absolute Gasteiger partial charge is 0.505 e. The fraction of sp³-hybridized carbons (Fsp3) is 0.500. The maximum Gasteiger partial charge on any atom is 0.221 e. The van der Waals surface area contributed by atoms with Crippen molar-refractivity contribution in [1.29, 1.82) is 0 Å². The van der Waals surface area contributed by atoms with E-state index in [9.17, 15) is 4.79 Å². The highest BCUT2D eigenvalue weighted by Gasteiger charge is 2.00. The van der Waals surface area contributed by atoms with Crippen LogP contribution in [0.1, 0.15) is 13.3 Å². The summed E-state index contributed by atoms with van der Waals surface area (Å²) in [7, 11) is 0. The molecule has 0 saturated heterocycles. The van der Waals surface area contributed by atoms with Crippen LogP contribution in [0, 0.1) is 0 Å². The van der Waals surface area contributed by atoms with Crippen LogP contribution >= 0.6 is 0 Å². The molecule has 13 heavy (non-hydrogen) atoms. The maximum atomic E-state index is 11.0. The minimum absolute atomic E-state index is 0.00232. The molecule has 5 heteroatoms. The van der Waals surface area contributed by atoms with Gasteiger partial charge < -0.3 is 10.4 Å². The summed E-state index contributed by atoms with van der Waals surface area (Å²) in [4.78, 5) is 11.0. The van der Waals surface area contributed by atoms with E-state index in [1.54, 1.807) is 0 Å². The monoisotopic (exact) mass is 183 g/mol. The summed E-state index contributed by atoms with van der Waals surface area (Å²) in [5.41, 5.74) is 0. The van der Waals surface area contributed by atoms with Gasteiger partial charge in [-0.05, 0) is 6.92 Å². The molecule has 0 aliphatic rings. The van der Waals surface area contributed by atoms with Gasteiger partial charge in [-0.2, -0.15) is 5.10 Å². The molecule has 72 valence electrons. The molecule has 0 radical (unpaired) electrons. The zero-order chi connectivity index (χ0) is 9.68. The van der Waals surface area contributed by atoms with Gasteiger partial charge in [-0.1, -0.05) is 0 Å². The zero-order valence-corrected chi connectivity index (χ0v) is 7.53. The summed E-state index contributed by atoms with van der Waals surface area (Å²) in [6.07, 6.45) is 3.21. The van der Waals surface area contributed by atoms with Gasteiger partial charge in [-0.25, -0.2) is 0 Å². The Bertz CT molecular complexity index is 283. The van der Waals surface area contributed by atoms with E-state index in [1.165, 1.54) is 17.1 Å². The van der Waals surface area contributed by atoms with Crippen molar-refractivity contribution in [3.05, 3.63) is 12.4 Å². The molecule has 0 spiro atoms. The van der Waals surface area contributed by atoms with Crippen LogP contribution in [0.5, 0.6) is 5.75 Å². The van der Waals surface area contributed by atoms with Gasteiger partial charge in [-0.15, -0.1) is 0 Å². The molecule has 1 amide bonds. The van der Waals surface area contributed by atoms with Crippen molar-refractivity contribution in [2.24, 2.45) is 0 Å². The van der Waals surface area contributed by atoms with Gasteiger partial charge in [-0.3, -0.25) is 9.48 Å². The number of amides is 1. The second-order valence-electron chi connectivity index (χ2n) is 2.67. The van der Waals surface area contributed by atoms with Crippen LogP contribution in [0.4, 0.5) is 0 Å². The van der Waals surface area contributed by atoms with Crippen LogP contribution in [0.3, 0.4) is 0 Å². The van der Waals surface area contributed by atoms with Crippen molar-refractivity contribution in [2.45, 2.75) is 19.9 Å². The van der Waals surface area contributed by atoms with Gasteiger partial charge in [0.2, 0.25) is 5.91 Å². The van der Waals surface area contributed by atoms with Crippen molar-refractivity contribution in [1.82, 2.24) is 15.1 Å². The molecule has 1 heterocycles. The van der Waals surface area contributed by atoms with Gasteiger partial charge in [0.05, 0.1) is 12.4 Å². The standard InChI is InChI=1S/C8H13N3O2/c1-2-9-8(13)3-4-11-6-7(12)5-10-11/h5-6,12H,2-4H2,1H3,(H,9,13). The molecule has 0 aliphatic carbocycles. The SMILES string of the molecule is CCNC(=O)CCn1cc(O)cn1. The average Bonchev–Trinajstić information content (AvgIpc) is 2.49. The van der Waals surface area contributed by atoms with Crippen LogP contribution in [0.2, 0.25) is 0 Å². The number of aromatic nitrogens is 2. The topological polar surface area (TPSA) is 67.2 Å². The third-order valence-corrected chi connectivity index (χ3v) is 1.56. The molecular weight excluding hydrogens is 170 g/mol. The first-order valence-corrected chi connectivity index (χ1v) is 4.20. The fourth-order valence-corrected chi connectivity index (χ4v) is 0.977. The molecule has 0 aliphatic heterocycles. The Morgan fingerprint density at radius 3 is 3.08 bits per heavy atom. The van der Waals surface area contributed by atoms with E-state index in [2.05, 4.69) is 10.4 Å². The number of rotatable bonds is 4. The summed E-state index contributed by atoms with van der Waals surface area (Å²) < 4.78 is 1.53. The summed E-state index contributed by atoms with van der Waals surface area (Å²) in [5, 5.41) is 15.5. The number of aryl methyl sites for hydroxylation is 1. The Labute approximate surface area is 76.4 Å². The van der Waals surface area contributed by atoms with E-state index >= 15 is 0 Å². The van der Waals surface area contributed by atoms with Crippen molar-refractivity contribution >= 4 is 5.91 Å². The highest BCUT2D eigenvalue weighted by Crippen LogP contribution is 2.04. The van der Waals surface area contributed by atoms with E-state index in [1.807, 2.05) is 6.92 Å². The van der Waals surface area contributed by atoms with E-state index in [0.717, 1.165) is 0 Å². The third-order valence-electron chi connectivity index (χ3n) is 1.56. The predicted octanol–water partition coefficient (Wildman–Crippen LogP) is 0.115. The zero-order valence-electron chi connectivity index (χ0n) is 7.53. The first-order valence-electron chi connectivity index (χ1n) is 4.20. The van der Waals surface area contributed by atoms with Crippen LogP contribution in [0.25, 0.3) is 0 Å². The van der Waals surface area contributed by atoms with Gasteiger partial charge in [0.25, 0.3) is 0 Å². The van der Waals surface area contributed by atoms with E-state index in [-0.39, 0.29) is 11.7 Å². The summed E-state index contributed by atoms with van der Waals surface area (Å²) >= 11 is 0. The highest BCUT2D eigenvalue weighted by atomic mass is 16.3. The molecule has 0 saturated carbocycles. The quantitative estimate of drug-likeness (QED) is 0.696. The van der Waals surface area contributed by atoms with Crippen LogP contribution in [-0.4, -0.2) is 27.3 Å². The van der Waals surface area contributed by atoms with E-state index in [4.69, 9.17) is 5.11 Å². The Balaban J connectivity index is 2.30. The minimum Gasteiger partial charge on any atom is -0.505 e. The predicted molar refractivity (Wildman–Crippen MR) is 47.2 cm³/mol. The summed E-state index contributed by atoms with van der Waals surface area (Å²) in [6, 6.07) is 0. The lowest BCUT2D eigenvalue weighted by Gasteiger charge is -2.01. The average molecular weight is 183 g/mol. The Morgan fingerprint density at radius 2 is 2.54 bits per heavy atom.